The largest absolute Gasteiger partial charge is 0.484 e. The molecule has 6 nitrogen and oxygen atoms in total. The van der Waals surface area contributed by atoms with Crippen molar-refractivity contribution in [1.29, 1.82) is 5.26 Å². The Morgan fingerprint density at radius 2 is 1.82 bits per heavy atom. The van der Waals surface area contributed by atoms with E-state index in [1.807, 2.05) is 6.07 Å². The lowest BCUT2D eigenvalue weighted by atomic mass is 10.1. The van der Waals surface area contributed by atoms with Crippen molar-refractivity contribution in [3.05, 3.63) is 71.3 Å². The number of nitrogens with one attached hydrogen (secondary N) is 2. The Morgan fingerprint density at radius 3 is 2.46 bits per heavy atom. The molecule has 144 valence electrons. The van der Waals surface area contributed by atoms with Gasteiger partial charge in [-0.25, -0.2) is 0 Å². The number of halogens is 3. The lowest BCUT2D eigenvalue weighted by Gasteiger charge is -2.08. The summed E-state index contributed by atoms with van der Waals surface area (Å²) in [7, 11) is 0. The lowest BCUT2D eigenvalue weighted by molar-refractivity contribution is -0.137. The Hall–Kier alpha value is -3.80. The average Bonchev–Trinajstić information content (AvgIpc) is 2.69. The van der Waals surface area contributed by atoms with Crippen molar-refractivity contribution in [2.24, 2.45) is 0 Å². The van der Waals surface area contributed by atoms with Crippen molar-refractivity contribution < 1.29 is 27.5 Å². The van der Waals surface area contributed by atoms with Gasteiger partial charge >= 0.3 is 6.18 Å². The van der Waals surface area contributed by atoms with Crippen molar-refractivity contribution in [2.45, 2.75) is 6.18 Å². The molecule has 0 aliphatic rings. The second-order valence-corrected chi connectivity index (χ2v) is 5.42. The third-order valence-corrected chi connectivity index (χ3v) is 3.32. The topological polar surface area (TPSA) is 91.2 Å². The summed E-state index contributed by atoms with van der Waals surface area (Å²) in [6, 6.07) is 12.5. The first-order valence-corrected chi connectivity index (χ1v) is 7.85. The monoisotopic (exact) mass is 389 g/mol. The van der Waals surface area contributed by atoms with Crippen LogP contribution in [0.3, 0.4) is 0 Å². The van der Waals surface area contributed by atoms with Crippen LogP contribution in [0.4, 0.5) is 13.2 Å². The van der Waals surface area contributed by atoms with Crippen LogP contribution in [-0.4, -0.2) is 18.4 Å². The van der Waals surface area contributed by atoms with Gasteiger partial charge in [0, 0.05) is 6.08 Å². The van der Waals surface area contributed by atoms with E-state index < -0.39 is 23.6 Å². The number of benzene rings is 2. The molecular weight excluding hydrogens is 375 g/mol. The molecule has 2 amide bonds. The highest BCUT2D eigenvalue weighted by atomic mass is 19.4. The maximum Gasteiger partial charge on any atom is 0.416 e. The third-order valence-electron chi connectivity index (χ3n) is 3.32. The molecule has 2 aromatic rings. The summed E-state index contributed by atoms with van der Waals surface area (Å²) in [6.07, 6.45) is -2.31. The van der Waals surface area contributed by atoms with Crippen LogP contribution in [0.25, 0.3) is 6.08 Å². The van der Waals surface area contributed by atoms with Crippen LogP contribution in [0.15, 0.2) is 54.6 Å². The summed E-state index contributed by atoms with van der Waals surface area (Å²) in [6.45, 7) is -0.385. The van der Waals surface area contributed by atoms with Crippen LogP contribution in [0.2, 0.25) is 0 Å². The standard InChI is InChI=1S/C19H14F3N3O3/c20-19(21,22)15-3-1-2-13(10-15)6-9-17(26)24-25-18(27)12-28-16-7-4-14(11-23)5-8-16/h1-10H,12H2,(H,24,26)(H,25,27). The SMILES string of the molecule is N#Cc1ccc(OCC(=O)NNC(=O)C=Cc2cccc(C(F)(F)F)c2)cc1. The van der Waals surface area contributed by atoms with Crippen LogP contribution in [0.1, 0.15) is 16.7 Å². The smallest absolute Gasteiger partial charge is 0.416 e. The van der Waals surface area contributed by atoms with Gasteiger partial charge < -0.3 is 4.74 Å². The molecule has 0 aliphatic carbocycles. The van der Waals surface area contributed by atoms with Gasteiger partial charge in [-0.05, 0) is 48.0 Å². The van der Waals surface area contributed by atoms with Crippen LogP contribution >= 0.6 is 0 Å². The molecule has 0 aromatic heterocycles. The fourth-order valence-electron chi connectivity index (χ4n) is 1.97. The quantitative estimate of drug-likeness (QED) is 0.608. The van der Waals surface area contributed by atoms with Gasteiger partial charge in [0.25, 0.3) is 11.8 Å². The van der Waals surface area contributed by atoms with E-state index >= 15 is 0 Å². The molecule has 0 atom stereocenters. The number of alkyl halides is 3. The molecule has 2 rings (SSSR count). The van der Waals surface area contributed by atoms with E-state index in [4.69, 9.17) is 10.00 Å². The maximum atomic E-state index is 12.6. The van der Waals surface area contributed by atoms with Crippen LogP contribution < -0.4 is 15.6 Å². The number of carbonyl (C=O) groups excluding carboxylic acids is 2. The first-order valence-electron chi connectivity index (χ1n) is 7.85. The summed E-state index contributed by atoms with van der Waals surface area (Å²) in [5.74, 6) is -1.01. The van der Waals surface area contributed by atoms with Crippen molar-refractivity contribution >= 4 is 17.9 Å². The zero-order valence-electron chi connectivity index (χ0n) is 14.3. The summed E-state index contributed by atoms with van der Waals surface area (Å²) < 4.78 is 43.1. The van der Waals surface area contributed by atoms with Gasteiger partial charge in [0.2, 0.25) is 0 Å². The normalized spacial score (nSPS) is 10.9. The first-order chi connectivity index (χ1) is 13.3. The van der Waals surface area contributed by atoms with Gasteiger partial charge in [-0.1, -0.05) is 12.1 Å². The minimum absolute atomic E-state index is 0.181. The minimum Gasteiger partial charge on any atom is -0.484 e. The van der Waals surface area contributed by atoms with E-state index in [0.717, 1.165) is 18.2 Å². The molecule has 2 aromatic carbocycles. The molecule has 0 fully saturated rings. The number of rotatable bonds is 5. The molecule has 0 saturated heterocycles. The Labute approximate surface area is 158 Å². The zero-order valence-corrected chi connectivity index (χ0v) is 14.3. The molecule has 0 heterocycles. The zero-order chi connectivity index (χ0) is 20.6. The minimum atomic E-state index is -4.48. The van der Waals surface area contributed by atoms with Gasteiger partial charge in [-0.15, -0.1) is 0 Å². The van der Waals surface area contributed by atoms with Gasteiger partial charge in [-0.2, -0.15) is 18.4 Å². The first kappa shape index (κ1) is 20.5. The van der Waals surface area contributed by atoms with Crippen LogP contribution in [0, 0.1) is 11.3 Å². The number of hydrogen-bond acceptors (Lipinski definition) is 4. The van der Waals surface area contributed by atoms with E-state index in [0.29, 0.717) is 11.3 Å². The van der Waals surface area contributed by atoms with Gasteiger partial charge in [0.05, 0.1) is 17.2 Å². The van der Waals surface area contributed by atoms with Crippen molar-refractivity contribution in [3.63, 3.8) is 0 Å². The van der Waals surface area contributed by atoms with E-state index in [-0.39, 0.29) is 12.2 Å². The molecular formula is C19H14F3N3O3. The average molecular weight is 389 g/mol. The van der Waals surface area contributed by atoms with E-state index in [1.165, 1.54) is 42.5 Å². The van der Waals surface area contributed by atoms with Gasteiger partial charge in [-0.3, -0.25) is 20.4 Å². The van der Waals surface area contributed by atoms with E-state index in [1.54, 1.807) is 0 Å². The molecule has 0 bridgehead atoms. The Bertz CT molecular complexity index is 917. The molecule has 0 unspecified atom stereocenters. The highest BCUT2D eigenvalue weighted by Gasteiger charge is 2.30. The summed E-state index contributed by atoms with van der Waals surface area (Å²) in [5.41, 5.74) is 3.97. The second kappa shape index (κ2) is 9.23. The predicted octanol–water partition coefficient (Wildman–Crippen LogP) is 2.82. The molecule has 9 heteroatoms. The van der Waals surface area contributed by atoms with Gasteiger partial charge in [0.1, 0.15) is 5.75 Å². The molecule has 0 radical (unpaired) electrons. The number of nitriles is 1. The molecule has 0 spiro atoms. The summed E-state index contributed by atoms with van der Waals surface area (Å²) in [4.78, 5) is 23.3. The number of amides is 2. The van der Waals surface area contributed by atoms with Crippen molar-refractivity contribution in [2.75, 3.05) is 6.61 Å². The van der Waals surface area contributed by atoms with Crippen LogP contribution in [0.5, 0.6) is 5.75 Å². The number of carbonyl (C=O) groups is 2. The summed E-state index contributed by atoms with van der Waals surface area (Å²) >= 11 is 0. The van der Waals surface area contributed by atoms with Crippen molar-refractivity contribution in [1.82, 2.24) is 10.9 Å². The van der Waals surface area contributed by atoms with E-state index in [2.05, 4.69) is 10.9 Å². The van der Waals surface area contributed by atoms with Crippen LogP contribution in [-0.2, 0) is 15.8 Å². The highest BCUT2D eigenvalue weighted by molar-refractivity contribution is 5.93. The number of ether oxygens (including phenoxy) is 1. The van der Waals surface area contributed by atoms with E-state index in [9.17, 15) is 22.8 Å². The number of nitrogens with zero attached hydrogens (tertiary/aromatic N) is 1. The fourth-order valence-corrected chi connectivity index (χ4v) is 1.97. The Balaban J connectivity index is 1.79. The molecule has 28 heavy (non-hydrogen) atoms. The molecule has 0 saturated carbocycles. The molecule has 0 aliphatic heterocycles. The van der Waals surface area contributed by atoms with Gasteiger partial charge in [0.15, 0.2) is 6.61 Å². The molecule has 2 N–H and O–H groups in total. The van der Waals surface area contributed by atoms with Crippen molar-refractivity contribution in [3.8, 4) is 11.8 Å². The predicted molar refractivity (Wildman–Crippen MR) is 93.4 cm³/mol. The third kappa shape index (κ3) is 6.49. The fraction of sp³-hybridized carbons (Fsp3) is 0.105. The second-order valence-electron chi connectivity index (χ2n) is 5.42. The Morgan fingerprint density at radius 1 is 1.11 bits per heavy atom. The maximum absolute atomic E-state index is 12.6. The summed E-state index contributed by atoms with van der Waals surface area (Å²) in [5, 5.41) is 8.68. The number of hydrazine groups is 1. The Kier molecular flexibility index (Phi) is 6.76. The highest BCUT2D eigenvalue weighted by Crippen LogP contribution is 2.29. The lowest BCUT2D eigenvalue weighted by Crippen LogP contribution is -2.43. The number of hydrogen-bond donors (Lipinski definition) is 2.